The van der Waals surface area contributed by atoms with Gasteiger partial charge in [0.25, 0.3) is 5.91 Å². The van der Waals surface area contributed by atoms with Crippen LogP contribution in [0.25, 0.3) is 0 Å². The number of aromatic nitrogens is 1. The van der Waals surface area contributed by atoms with Crippen LogP contribution in [0.3, 0.4) is 0 Å². The van der Waals surface area contributed by atoms with E-state index in [1.807, 2.05) is 40.1 Å². The minimum absolute atomic E-state index is 0.0328. The molecule has 0 aliphatic carbocycles. The molecule has 26 heavy (non-hydrogen) atoms. The van der Waals surface area contributed by atoms with E-state index in [2.05, 4.69) is 4.98 Å². The highest BCUT2D eigenvalue weighted by molar-refractivity contribution is 5.99. The van der Waals surface area contributed by atoms with Crippen LogP contribution in [0.5, 0.6) is 0 Å². The fourth-order valence-corrected chi connectivity index (χ4v) is 4.20. The molecular weight excluding hydrogens is 326 g/mol. The first-order valence-electron chi connectivity index (χ1n) is 9.26. The molecule has 0 bridgehead atoms. The standard InChI is InChI=1S/C21H23N3O2/c25-19(17-7-12-22-13-8-17)23-15-10-21(11-16-23)9-4-14-24(20(21)26)18-5-2-1-3-6-18/h1-3,5-8,12-13H,4,9-11,14-16H2. The van der Waals surface area contributed by atoms with Crippen molar-refractivity contribution in [2.24, 2.45) is 5.41 Å². The number of hydrogen-bond acceptors (Lipinski definition) is 3. The molecule has 0 atom stereocenters. The summed E-state index contributed by atoms with van der Waals surface area (Å²) in [6.45, 7) is 2.05. The normalized spacial score (nSPS) is 19.6. The molecule has 2 fully saturated rings. The topological polar surface area (TPSA) is 53.5 Å². The summed E-state index contributed by atoms with van der Waals surface area (Å²) in [4.78, 5) is 33.7. The maximum absolute atomic E-state index is 13.3. The molecule has 134 valence electrons. The van der Waals surface area contributed by atoms with E-state index >= 15 is 0 Å². The molecule has 1 spiro atoms. The van der Waals surface area contributed by atoms with Crippen molar-refractivity contribution >= 4 is 17.5 Å². The summed E-state index contributed by atoms with van der Waals surface area (Å²) in [5.74, 6) is 0.261. The monoisotopic (exact) mass is 349 g/mol. The van der Waals surface area contributed by atoms with Crippen molar-refractivity contribution in [1.82, 2.24) is 9.88 Å². The molecular formula is C21H23N3O2. The van der Waals surface area contributed by atoms with Gasteiger partial charge in [0.15, 0.2) is 0 Å². The molecule has 2 aliphatic heterocycles. The lowest BCUT2D eigenvalue weighted by Gasteiger charge is -2.46. The van der Waals surface area contributed by atoms with E-state index in [1.54, 1.807) is 24.5 Å². The van der Waals surface area contributed by atoms with Crippen molar-refractivity contribution < 1.29 is 9.59 Å². The number of likely N-dealkylation sites (tertiary alicyclic amines) is 1. The molecule has 1 aromatic carbocycles. The first kappa shape index (κ1) is 16.8. The van der Waals surface area contributed by atoms with E-state index in [-0.39, 0.29) is 17.2 Å². The number of nitrogens with zero attached hydrogens (tertiary/aromatic N) is 3. The fraction of sp³-hybridized carbons (Fsp3) is 0.381. The Labute approximate surface area is 153 Å². The number of para-hydroxylation sites is 1. The van der Waals surface area contributed by atoms with Crippen LogP contribution in [-0.4, -0.2) is 41.3 Å². The summed E-state index contributed by atoms with van der Waals surface area (Å²) in [5, 5.41) is 0. The highest BCUT2D eigenvalue weighted by Gasteiger charge is 2.46. The molecule has 3 heterocycles. The van der Waals surface area contributed by atoms with Gasteiger partial charge >= 0.3 is 0 Å². The van der Waals surface area contributed by atoms with Gasteiger partial charge in [-0.25, -0.2) is 0 Å². The number of amides is 2. The smallest absolute Gasteiger partial charge is 0.253 e. The summed E-state index contributed by atoms with van der Waals surface area (Å²) < 4.78 is 0. The number of anilines is 1. The Balaban J connectivity index is 1.47. The molecule has 0 radical (unpaired) electrons. The Morgan fingerprint density at radius 2 is 1.62 bits per heavy atom. The number of carbonyl (C=O) groups excluding carboxylic acids is 2. The first-order chi connectivity index (χ1) is 12.7. The second-order valence-corrected chi connectivity index (χ2v) is 7.20. The quantitative estimate of drug-likeness (QED) is 0.837. The Bertz CT molecular complexity index is 783. The summed E-state index contributed by atoms with van der Waals surface area (Å²) >= 11 is 0. The lowest BCUT2D eigenvalue weighted by molar-refractivity contribution is -0.133. The summed E-state index contributed by atoms with van der Waals surface area (Å²) in [7, 11) is 0. The summed E-state index contributed by atoms with van der Waals surface area (Å²) in [6, 6.07) is 13.4. The van der Waals surface area contributed by atoms with Crippen LogP contribution in [0.2, 0.25) is 0 Å². The van der Waals surface area contributed by atoms with E-state index in [4.69, 9.17) is 0 Å². The molecule has 2 aliphatic rings. The van der Waals surface area contributed by atoms with Gasteiger partial charge in [0.2, 0.25) is 5.91 Å². The molecule has 1 aromatic heterocycles. The second-order valence-electron chi connectivity index (χ2n) is 7.20. The third-order valence-electron chi connectivity index (χ3n) is 5.74. The van der Waals surface area contributed by atoms with Crippen molar-refractivity contribution in [1.29, 1.82) is 0 Å². The summed E-state index contributed by atoms with van der Waals surface area (Å²) in [6.07, 6.45) is 6.70. The maximum atomic E-state index is 13.3. The molecule has 5 heteroatoms. The Hall–Kier alpha value is -2.69. The van der Waals surface area contributed by atoms with Crippen LogP contribution in [0.1, 0.15) is 36.0 Å². The third kappa shape index (κ3) is 2.98. The van der Waals surface area contributed by atoms with Crippen LogP contribution >= 0.6 is 0 Å². The molecule has 5 nitrogen and oxygen atoms in total. The van der Waals surface area contributed by atoms with E-state index in [0.29, 0.717) is 18.7 Å². The number of benzene rings is 1. The van der Waals surface area contributed by atoms with Gasteiger partial charge in [0.05, 0.1) is 5.41 Å². The van der Waals surface area contributed by atoms with Crippen molar-refractivity contribution in [2.75, 3.05) is 24.5 Å². The maximum Gasteiger partial charge on any atom is 0.253 e. The van der Waals surface area contributed by atoms with Crippen LogP contribution < -0.4 is 4.90 Å². The van der Waals surface area contributed by atoms with Crippen molar-refractivity contribution in [3.05, 3.63) is 60.4 Å². The molecule has 0 unspecified atom stereocenters. The minimum Gasteiger partial charge on any atom is -0.339 e. The zero-order chi connectivity index (χ0) is 18.0. The van der Waals surface area contributed by atoms with Gasteiger partial charge in [-0.05, 0) is 49.9 Å². The second kappa shape index (κ2) is 6.90. The van der Waals surface area contributed by atoms with Gasteiger partial charge in [0, 0.05) is 43.3 Å². The molecule has 2 aromatic rings. The van der Waals surface area contributed by atoms with Crippen molar-refractivity contribution in [3.8, 4) is 0 Å². The lowest BCUT2D eigenvalue weighted by atomic mass is 9.71. The zero-order valence-corrected chi connectivity index (χ0v) is 14.8. The van der Waals surface area contributed by atoms with E-state index < -0.39 is 0 Å². The highest BCUT2D eigenvalue weighted by atomic mass is 16.2. The van der Waals surface area contributed by atoms with Gasteiger partial charge in [-0.1, -0.05) is 18.2 Å². The lowest BCUT2D eigenvalue weighted by Crippen LogP contribution is -2.54. The number of carbonyl (C=O) groups is 2. The van der Waals surface area contributed by atoms with Gasteiger partial charge < -0.3 is 9.80 Å². The molecule has 0 saturated carbocycles. The molecule has 4 rings (SSSR count). The number of rotatable bonds is 2. The number of hydrogen-bond donors (Lipinski definition) is 0. The predicted octanol–water partition coefficient (Wildman–Crippen LogP) is 3.13. The largest absolute Gasteiger partial charge is 0.339 e. The Kier molecular flexibility index (Phi) is 4.45. The van der Waals surface area contributed by atoms with Crippen LogP contribution in [0.15, 0.2) is 54.9 Å². The van der Waals surface area contributed by atoms with Gasteiger partial charge in [-0.15, -0.1) is 0 Å². The van der Waals surface area contributed by atoms with E-state index in [0.717, 1.165) is 37.9 Å². The van der Waals surface area contributed by atoms with Crippen molar-refractivity contribution in [2.45, 2.75) is 25.7 Å². The van der Waals surface area contributed by atoms with E-state index in [1.165, 1.54) is 0 Å². The minimum atomic E-state index is -0.316. The van der Waals surface area contributed by atoms with Crippen LogP contribution in [-0.2, 0) is 4.79 Å². The molecule has 2 saturated heterocycles. The Morgan fingerprint density at radius 1 is 0.923 bits per heavy atom. The third-order valence-corrected chi connectivity index (χ3v) is 5.74. The first-order valence-corrected chi connectivity index (χ1v) is 9.26. The predicted molar refractivity (Wildman–Crippen MR) is 99.8 cm³/mol. The average molecular weight is 349 g/mol. The van der Waals surface area contributed by atoms with Crippen molar-refractivity contribution in [3.63, 3.8) is 0 Å². The fourth-order valence-electron chi connectivity index (χ4n) is 4.20. The molecule has 0 N–H and O–H groups in total. The van der Waals surface area contributed by atoms with Crippen LogP contribution in [0, 0.1) is 5.41 Å². The van der Waals surface area contributed by atoms with Crippen LogP contribution in [0.4, 0.5) is 5.69 Å². The van der Waals surface area contributed by atoms with E-state index in [9.17, 15) is 9.59 Å². The van der Waals surface area contributed by atoms with Gasteiger partial charge in [-0.3, -0.25) is 14.6 Å². The average Bonchev–Trinajstić information content (AvgIpc) is 2.71. The Morgan fingerprint density at radius 3 is 2.31 bits per heavy atom. The van der Waals surface area contributed by atoms with Gasteiger partial charge in [0.1, 0.15) is 0 Å². The summed E-state index contributed by atoms with van der Waals surface area (Å²) in [5.41, 5.74) is 1.33. The number of pyridine rings is 1. The number of piperidine rings is 2. The highest BCUT2D eigenvalue weighted by Crippen LogP contribution is 2.42. The molecule has 2 amide bonds. The SMILES string of the molecule is O=C(c1ccncc1)N1CCC2(CCCN(c3ccccc3)C2=O)CC1. The van der Waals surface area contributed by atoms with Gasteiger partial charge in [-0.2, -0.15) is 0 Å². The zero-order valence-electron chi connectivity index (χ0n) is 14.8.